The summed E-state index contributed by atoms with van der Waals surface area (Å²) in [6, 6.07) is 0. The lowest BCUT2D eigenvalue weighted by molar-refractivity contribution is -0.182. The van der Waals surface area contributed by atoms with Gasteiger partial charge >= 0.3 is 6.18 Å². The third-order valence-electron chi connectivity index (χ3n) is 13.9. The molecule has 0 heterocycles. The molecule has 0 unspecified atom stereocenters. The maximum Gasteiger partial charge on any atom is 0.389 e. The molecule has 5 aliphatic rings. The standard InChI is InChI=1S/C35H49F3O4/c1-8-30(4)24-9-11-32(6)25(31(24,5)18-21(20-39)28(30)42)17-23(40)27-22-19-29(2,3)13-15-34(22,16-14-33(27,32)7)26(41)10-12-35(36,37)38/h17,20,22,24,27,39H,8-16,18-19H2,1-7H3/b21-20-/t22-,24-,27-,30-,31-,32+,33+,34-/m0/s1. The molecule has 0 aromatic heterocycles. The summed E-state index contributed by atoms with van der Waals surface area (Å²) in [6.45, 7) is 15.0. The number of rotatable bonds is 4. The minimum atomic E-state index is -4.39. The minimum absolute atomic E-state index is 0.00495. The van der Waals surface area contributed by atoms with Gasteiger partial charge in [0.2, 0.25) is 0 Å². The number of halogens is 3. The molecule has 7 heteroatoms. The second-order valence-electron chi connectivity index (χ2n) is 16.3. The third-order valence-corrected chi connectivity index (χ3v) is 13.9. The van der Waals surface area contributed by atoms with Crippen LogP contribution in [0.3, 0.4) is 0 Å². The lowest BCUT2D eigenvalue weighted by atomic mass is 9.33. The van der Waals surface area contributed by atoms with Crippen molar-refractivity contribution in [2.24, 2.45) is 50.2 Å². The molecule has 0 spiro atoms. The summed E-state index contributed by atoms with van der Waals surface area (Å²) in [5.74, 6) is -1.03. The molecule has 4 saturated carbocycles. The van der Waals surface area contributed by atoms with Crippen LogP contribution in [0.5, 0.6) is 0 Å². The van der Waals surface area contributed by atoms with Crippen molar-refractivity contribution in [3.63, 3.8) is 0 Å². The van der Waals surface area contributed by atoms with Crippen LogP contribution >= 0.6 is 0 Å². The van der Waals surface area contributed by atoms with E-state index < -0.39 is 46.6 Å². The molecule has 4 fully saturated rings. The number of alkyl halides is 3. The number of Topliss-reactive ketones (excluding diaryl/α,β-unsaturated/α-hetero) is 2. The first kappa shape index (κ1) is 31.5. The predicted molar refractivity (Wildman–Crippen MR) is 155 cm³/mol. The lowest BCUT2D eigenvalue weighted by Gasteiger charge is -2.69. The Kier molecular flexibility index (Phi) is 7.15. The monoisotopic (exact) mass is 590 g/mol. The van der Waals surface area contributed by atoms with Gasteiger partial charge in [0.15, 0.2) is 11.6 Å². The zero-order valence-corrected chi connectivity index (χ0v) is 26.5. The molecule has 0 aliphatic heterocycles. The molecule has 5 aliphatic carbocycles. The van der Waals surface area contributed by atoms with E-state index in [1.807, 2.05) is 19.9 Å². The first-order valence-corrected chi connectivity index (χ1v) is 16.0. The van der Waals surface area contributed by atoms with Gasteiger partial charge in [-0.3, -0.25) is 14.4 Å². The molecule has 0 amide bonds. The number of ketones is 3. The van der Waals surface area contributed by atoms with Crippen LogP contribution in [0.15, 0.2) is 23.5 Å². The number of carbonyl (C=O) groups excluding carboxylic acids is 3. The topological polar surface area (TPSA) is 71.4 Å². The molecule has 0 aromatic carbocycles. The second-order valence-corrected chi connectivity index (χ2v) is 16.3. The lowest BCUT2D eigenvalue weighted by Crippen LogP contribution is -2.66. The Balaban J connectivity index is 1.63. The highest BCUT2D eigenvalue weighted by Crippen LogP contribution is 2.75. The van der Waals surface area contributed by atoms with Crippen LogP contribution in [0.4, 0.5) is 13.2 Å². The van der Waals surface area contributed by atoms with Gasteiger partial charge in [-0.15, -0.1) is 0 Å². The SMILES string of the molecule is CC[C@]1(C)C(=O)/C(=C\O)C[C@]2(C)C3=CC(=O)[C@@H]4[C@@H]5CC(C)(C)CC[C@]5(C(=O)CCC(F)(F)F)CC[C@@]4(C)[C@]3(C)CC[C@@H]12. The molecule has 0 aromatic rings. The molecule has 234 valence electrons. The summed E-state index contributed by atoms with van der Waals surface area (Å²) in [5, 5.41) is 10.1. The fourth-order valence-corrected chi connectivity index (χ4v) is 11.2. The average Bonchev–Trinajstić information content (AvgIpc) is 2.90. The third kappa shape index (κ3) is 4.17. The molecule has 8 atom stereocenters. The molecular formula is C35H49F3O4. The zero-order chi connectivity index (χ0) is 31.3. The van der Waals surface area contributed by atoms with Crippen LogP contribution in [0.25, 0.3) is 0 Å². The molecule has 42 heavy (non-hydrogen) atoms. The van der Waals surface area contributed by atoms with Crippen molar-refractivity contribution in [3.05, 3.63) is 23.5 Å². The number of aliphatic hydroxyl groups is 1. The van der Waals surface area contributed by atoms with Crippen LogP contribution in [0.2, 0.25) is 0 Å². The van der Waals surface area contributed by atoms with Gasteiger partial charge in [0.25, 0.3) is 0 Å². The highest BCUT2D eigenvalue weighted by atomic mass is 19.4. The number of carbonyl (C=O) groups is 3. The van der Waals surface area contributed by atoms with E-state index in [1.54, 1.807) is 0 Å². The summed E-state index contributed by atoms with van der Waals surface area (Å²) in [5.41, 5.74) is -1.52. The molecule has 5 rings (SSSR count). The Labute approximate surface area is 249 Å². The predicted octanol–water partition coefficient (Wildman–Crippen LogP) is 8.89. The van der Waals surface area contributed by atoms with E-state index in [-0.39, 0.29) is 40.0 Å². The summed E-state index contributed by atoms with van der Waals surface area (Å²) < 4.78 is 39.7. The number of hydrogen-bond donors (Lipinski definition) is 1. The van der Waals surface area contributed by atoms with Gasteiger partial charge < -0.3 is 5.11 Å². The van der Waals surface area contributed by atoms with Crippen LogP contribution < -0.4 is 0 Å². The number of allylic oxidation sites excluding steroid dienone is 3. The smallest absolute Gasteiger partial charge is 0.389 e. The van der Waals surface area contributed by atoms with E-state index in [2.05, 4.69) is 34.6 Å². The maximum atomic E-state index is 14.5. The fourth-order valence-electron chi connectivity index (χ4n) is 11.2. The van der Waals surface area contributed by atoms with Gasteiger partial charge in [-0.05, 0) is 97.4 Å². The van der Waals surface area contributed by atoms with Crippen molar-refractivity contribution in [1.82, 2.24) is 0 Å². The Bertz CT molecular complexity index is 1260. The van der Waals surface area contributed by atoms with E-state index in [0.717, 1.165) is 31.1 Å². The molecule has 0 saturated heterocycles. The van der Waals surface area contributed by atoms with Gasteiger partial charge in [-0.25, -0.2) is 0 Å². The van der Waals surface area contributed by atoms with Crippen LogP contribution in [0.1, 0.15) is 119 Å². The molecule has 0 bridgehead atoms. The fraction of sp³-hybridized carbons (Fsp3) is 0.800. The van der Waals surface area contributed by atoms with Gasteiger partial charge in [0.05, 0.1) is 12.7 Å². The highest BCUT2D eigenvalue weighted by Gasteiger charge is 2.71. The van der Waals surface area contributed by atoms with E-state index in [9.17, 15) is 32.7 Å². The van der Waals surface area contributed by atoms with E-state index in [1.165, 1.54) is 0 Å². The van der Waals surface area contributed by atoms with Crippen LogP contribution in [-0.2, 0) is 14.4 Å². The second kappa shape index (κ2) is 9.54. The Morgan fingerprint density at radius 3 is 2.26 bits per heavy atom. The van der Waals surface area contributed by atoms with Gasteiger partial charge in [-0.2, -0.15) is 13.2 Å². The van der Waals surface area contributed by atoms with Crippen LogP contribution in [-0.4, -0.2) is 28.6 Å². The Hall–Kier alpha value is -1.92. The van der Waals surface area contributed by atoms with Crippen LogP contribution in [0, 0.1) is 50.2 Å². The first-order valence-electron chi connectivity index (χ1n) is 16.0. The summed E-state index contributed by atoms with van der Waals surface area (Å²) in [7, 11) is 0. The normalized spacial score (nSPS) is 45.8. The van der Waals surface area contributed by atoms with Gasteiger partial charge in [-0.1, -0.05) is 54.0 Å². The maximum absolute atomic E-state index is 14.5. The molecular weight excluding hydrogens is 541 g/mol. The summed E-state index contributed by atoms with van der Waals surface area (Å²) in [4.78, 5) is 41.9. The number of hydrogen-bond acceptors (Lipinski definition) is 4. The number of aliphatic hydroxyl groups excluding tert-OH is 1. The molecule has 0 radical (unpaired) electrons. The summed E-state index contributed by atoms with van der Waals surface area (Å²) >= 11 is 0. The minimum Gasteiger partial charge on any atom is -0.515 e. The molecule has 4 nitrogen and oxygen atoms in total. The van der Waals surface area contributed by atoms with Crippen molar-refractivity contribution in [3.8, 4) is 0 Å². The van der Waals surface area contributed by atoms with Crippen molar-refractivity contribution >= 4 is 17.3 Å². The van der Waals surface area contributed by atoms with Crippen molar-refractivity contribution < 1.29 is 32.7 Å². The van der Waals surface area contributed by atoms with Crippen molar-refractivity contribution in [2.45, 2.75) is 125 Å². The van der Waals surface area contributed by atoms with E-state index >= 15 is 0 Å². The average molecular weight is 591 g/mol. The Morgan fingerprint density at radius 1 is 1.02 bits per heavy atom. The number of fused-ring (bicyclic) bond motifs is 7. The highest BCUT2D eigenvalue weighted by molar-refractivity contribution is 6.02. The van der Waals surface area contributed by atoms with E-state index in [0.29, 0.717) is 44.1 Å². The van der Waals surface area contributed by atoms with Gasteiger partial charge in [0.1, 0.15) is 5.78 Å². The van der Waals surface area contributed by atoms with Crippen molar-refractivity contribution in [2.75, 3.05) is 0 Å². The first-order chi connectivity index (χ1) is 19.2. The van der Waals surface area contributed by atoms with Gasteiger partial charge in [0, 0.05) is 28.7 Å². The van der Waals surface area contributed by atoms with Crippen molar-refractivity contribution in [1.29, 1.82) is 0 Å². The largest absolute Gasteiger partial charge is 0.515 e. The van der Waals surface area contributed by atoms with E-state index in [4.69, 9.17) is 0 Å². The summed E-state index contributed by atoms with van der Waals surface area (Å²) in [6.07, 6.45) is 2.50. The molecule has 1 N–H and O–H groups in total. The zero-order valence-electron chi connectivity index (χ0n) is 26.5. The Morgan fingerprint density at radius 2 is 1.67 bits per heavy atom. The quantitative estimate of drug-likeness (QED) is 0.262.